The number of allylic oxidation sites excluding steroid dienone is 13. The lowest BCUT2D eigenvalue weighted by Crippen LogP contribution is -2.47. The molecule has 80 heavy (non-hydrogen) atoms. The monoisotopic (exact) mass is 1140 g/mol. The fourth-order valence-corrected chi connectivity index (χ4v) is 10.2. The number of nitrogens with zero attached hydrogens (tertiary/aromatic N) is 1. The summed E-state index contributed by atoms with van der Waals surface area (Å²) in [5.74, 6) is -0.515. The quantitative estimate of drug-likeness (QED) is 0.0205. The van der Waals surface area contributed by atoms with Crippen LogP contribution >= 0.6 is 7.82 Å². The summed E-state index contributed by atoms with van der Waals surface area (Å²) in [5, 5.41) is 3.06. The normalized spacial score (nSPS) is 14.1. The second kappa shape index (κ2) is 59.4. The molecule has 9 nitrogen and oxygen atoms in total. The van der Waals surface area contributed by atoms with Crippen LogP contribution in [0, 0.1) is 0 Å². The summed E-state index contributed by atoms with van der Waals surface area (Å²) in [6.07, 6.45) is 78.7. The van der Waals surface area contributed by atoms with E-state index in [4.69, 9.17) is 13.8 Å². The molecule has 2 N–H and O–H groups in total. The van der Waals surface area contributed by atoms with Crippen LogP contribution in [-0.4, -0.2) is 74.3 Å². The van der Waals surface area contributed by atoms with Gasteiger partial charge in [0.2, 0.25) is 5.91 Å². The number of hydrogen-bond acceptors (Lipinski definition) is 6. The van der Waals surface area contributed by atoms with Crippen molar-refractivity contribution in [1.29, 1.82) is 0 Å². The third-order valence-electron chi connectivity index (χ3n) is 14.6. The van der Waals surface area contributed by atoms with Gasteiger partial charge in [0.05, 0.1) is 33.8 Å². The van der Waals surface area contributed by atoms with Gasteiger partial charge >= 0.3 is 13.8 Å². The minimum atomic E-state index is -4.46. The third kappa shape index (κ3) is 59.8. The van der Waals surface area contributed by atoms with Crippen molar-refractivity contribution < 1.29 is 37.3 Å². The number of carbonyl (C=O) groups is 2. The summed E-state index contributed by atoms with van der Waals surface area (Å²) in [7, 11) is 1.49. The van der Waals surface area contributed by atoms with Crippen molar-refractivity contribution in [1.82, 2.24) is 5.32 Å². The molecule has 0 aliphatic rings. The molecule has 0 fully saturated rings. The maximum atomic E-state index is 13.5. The van der Waals surface area contributed by atoms with Crippen LogP contribution < -0.4 is 5.32 Å². The van der Waals surface area contributed by atoms with Crippen LogP contribution in [0.2, 0.25) is 0 Å². The zero-order valence-corrected chi connectivity index (χ0v) is 54.0. The van der Waals surface area contributed by atoms with E-state index in [1.165, 1.54) is 161 Å². The number of hydrogen-bond donors (Lipinski definition) is 2. The Labute approximate surface area is 495 Å². The van der Waals surface area contributed by atoms with Crippen LogP contribution in [0.5, 0.6) is 0 Å². The molecule has 0 aliphatic carbocycles. The number of carbonyl (C=O) groups excluding carboxylic acids is 2. The SMILES string of the molecule is CC/C=C/C/C=C/CCCCCCCCCC(=O)NC(COP(=O)(O)OCC[N+](C)(C)C)C(/C=C\CCCCCCCCCCCCC)OC(=O)CCCCCCCCCCCCC/C=C\C/C=C\C/C=C\C/C=C\CCCCC. The van der Waals surface area contributed by atoms with E-state index in [1.54, 1.807) is 0 Å². The van der Waals surface area contributed by atoms with Crippen LogP contribution in [0.3, 0.4) is 0 Å². The molecule has 3 unspecified atom stereocenters. The van der Waals surface area contributed by atoms with Crippen LogP contribution in [0.4, 0.5) is 0 Å². The van der Waals surface area contributed by atoms with E-state index in [1.807, 2.05) is 33.3 Å². The van der Waals surface area contributed by atoms with Gasteiger partial charge < -0.3 is 19.4 Å². The van der Waals surface area contributed by atoms with Crippen LogP contribution in [0.25, 0.3) is 0 Å². The van der Waals surface area contributed by atoms with Crippen molar-refractivity contribution in [2.45, 2.75) is 309 Å². The molecule has 0 radical (unpaired) electrons. The molecule has 0 aromatic heterocycles. The van der Waals surface area contributed by atoms with Gasteiger partial charge in [-0.3, -0.25) is 18.6 Å². The second-order valence-corrected chi connectivity index (χ2v) is 25.1. The highest BCUT2D eigenvalue weighted by molar-refractivity contribution is 7.47. The molecule has 0 spiro atoms. The first-order chi connectivity index (χ1) is 38.9. The second-order valence-electron chi connectivity index (χ2n) is 23.6. The smallest absolute Gasteiger partial charge is 0.456 e. The van der Waals surface area contributed by atoms with Crippen molar-refractivity contribution in [2.24, 2.45) is 0 Å². The molecule has 0 saturated carbocycles. The maximum Gasteiger partial charge on any atom is 0.472 e. The molecular formula is C70H128N2O7P+. The first kappa shape index (κ1) is 77.2. The highest BCUT2D eigenvalue weighted by atomic mass is 31.2. The van der Waals surface area contributed by atoms with Gasteiger partial charge in [0.25, 0.3) is 0 Å². The highest BCUT2D eigenvalue weighted by Gasteiger charge is 2.30. The number of phosphoric ester groups is 1. The number of rotatable bonds is 60. The first-order valence-electron chi connectivity index (χ1n) is 33.4. The Morgan fingerprint density at radius 3 is 1.23 bits per heavy atom. The van der Waals surface area contributed by atoms with Crippen molar-refractivity contribution in [3.8, 4) is 0 Å². The predicted octanol–water partition coefficient (Wildman–Crippen LogP) is 21.0. The number of likely N-dealkylation sites (N-methyl/N-ethyl adjacent to an activating group) is 1. The predicted molar refractivity (Wildman–Crippen MR) is 346 cm³/mol. The number of phosphoric acid groups is 1. The van der Waals surface area contributed by atoms with Crippen LogP contribution in [0.15, 0.2) is 85.1 Å². The number of quaternary nitrogens is 1. The lowest BCUT2D eigenvalue weighted by atomic mass is 10.0. The molecule has 0 aromatic carbocycles. The van der Waals surface area contributed by atoms with E-state index in [-0.39, 0.29) is 31.5 Å². The molecule has 0 aromatic rings. The summed E-state index contributed by atoms with van der Waals surface area (Å²) >= 11 is 0. The Hall–Kier alpha value is -2.81. The van der Waals surface area contributed by atoms with Gasteiger partial charge in [-0.15, -0.1) is 0 Å². The standard InChI is InChI=1S/C70H127N2O7P/c1-7-10-13-16-19-22-25-28-30-31-32-33-34-35-36-37-38-39-40-41-42-45-48-51-54-57-60-63-70(74)79-68(61-58-55-52-49-46-43-27-24-21-18-15-12-9-3)67(66-78-80(75,76)77-65-64-72(4,5)6)71-69(73)62-59-56-53-50-47-44-29-26-23-20-17-14-11-8-2/h11,14,19-20,22-23,28,30,32-33,35-36,58,61,67-68H,7-10,12-13,15-18,21,24-27,29,31,34,37-57,59-60,62-66H2,1-6H3,(H-,71,73,75,76)/p+1/b14-11+,22-19-,23-20+,30-28-,33-32-,36-35-,61-58-. The summed E-state index contributed by atoms with van der Waals surface area (Å²) in [6.45, 7) is 6.89. The van der Waals surface area contributed by atoms with Gasteiger partial charge in [0.1, 0.15) is 19.3 Å². The Kier molecular flexibility index (Phi) is 57.3. The Morgan fingerprint density at radius 1 is 0.450 bits per heavy atom. The Balaban J connectivity index is 5.10. The molecular weight excluding hydrogens is 1010 g/mol. The van der Waals surface area contributed by atoms with Gasteiger partial charge in [-0.2, -0.15) is 0 Å². The summed E-state index contributed by atoms with van der Waals surface area (Å²) in [5.41, 5.74) is 0. The van der Waals surface area contributed by atoms with Gasteiger partial charge in [-0.05, 0) is 102 Å². The van der Waals surface area contributed by atoms with Gasteiger partial charge in [0.15, 0.2) is 0 Å². The number of ether oxygens (including phenoxy) is 1. The van der Waals surface area contributed by atoms with Crippen molar-refractivity contribution >= 4 is 19.7 Å². The van der Waals surface area contributed by atoms with E-state index in [0.29, 0.717) is 17.4 Å². The Morgan fingerprint density at radius 2 is 0.800 bits per heavy atom. The average Bonchev–Trinajstić information content (AvgIpc) is 3.42. The molecule has 0 rings (SSSR count). The summed E-state index contributed by atoms with van der Waals surface area (Å²) in [4.78, 5) is 37.8. The van der Waals surface area contributed by atoms with Crippen LogP contribution in [-0.2, 0) is 27.9 Å². The third-order valence-corrected chi connectivity index (χ3v) is 15.6. The minimum absolute atomic E-state index is 0.0356. The molecule has 0 bridgehead atoms. The maximum absolute atomic E-state index is 13.5. The number of nitrogens with one attached hydrogen (secondary N) is 1. The lowest BCUT2D eigenvalue weighted by molar-refractivity contribution is -0.870. The van der Waals surface area contributed by atoms with E-state index in [0.717, 1.165) is 103 Å². The largest absolute Gasteiger partial charge is 0.472 e. The Bertz CT molecular complexity index is 1640. The zero-order valence-electron chi connectivity index (χ0n) is 53.1. The van der Waals surface area contributed by atoms with Crippen molar-refractivity contribution in [2.75, 3.05) is 40.9 Å². The molecule has 0 heterocycles. The van der Waals surface area contributed by atoms with Gasteiger partial charge in [-0.25, -0.2) is 4.57 Å². The highest BCUT2D eigenvalue weighted by Crippen LogP contribution is 2.43. The molecule has 3 atom stereocenters. The van der Waals surface area contributed by atoms with E-state index >= 15 is 0 Å². The number of unbranched alkanes of at least 4 members (excludes halogenated alkanes) is 32. The van der Waals surface area contributed by atoms with Crippen LogP contribution in [0.1, 0.15) is 297 Å². The molecule has 464 valence electrons. The first-order valence-corrected chi connectivity index (χ1v) is 34.9. The summed E-state index contributed by atoms with van der Waals surface area (Å²) in [6, 6.07) is -0.857. The topological polar surface area (TPSA) is 111 Å². The van der Waals surface area contributed by atoms with Gasteiger partial charge in [0, 0.05) is 12.8 Å². The van der Waals surface area contributed by atoms with Crippen molar-refractivity contribution in [3.05, 3.63) is 85.1 Å². The van der Waals surface area contributed by atoms with E-state index in [9.17, 15) is 19.0 Å². The molecule has 1 amide bonds. The summed E-state index contributed by atoms with van der Waals surface area (Å²) < 4.78 is 30.7. The van der Waals surface area contributed by atoms with E-state index in [2.05, 4.69) is 99.0 Å². The lowest BCUT2D eigenvalue weighted by Gasteiger charge is -2.27. The minimum Gasteiger partial charge on any atom is -0.456 e. The average molecular weight is 1140 g/mol. The van der Waals surface area contributed by atoms with E-state index < -0.39 is 20.0 Å². The number of amides is 1. The van der Waals surface area contributed by atoms with Gasteiger partial charge in [-0.1, -0.05) is 267 Å². The number of esters is 1. The fraction of sp³-hybridized carbons (Fsp3) is 0.771. The molecule has 0 saturated heterocycles. The fourth-order valence-electron chi connectivity index (χ4n) is 9.43. The molecule has 10 heteroatoms. The van der Waals surface area contributed by atoms with Crippen molar-refractivity contribution in [3.63, 3.8) is 0 Å². The zero-order chi connectivity index (χ0) is 58.6. The molecule has 0 aliphatic heterocycles.